The molecule has 0 atom stereocenters. The summed E-state index contributed by atoms with van der Waals surface area (Å²) in [5.74, 6) is 8.00. The zero-order chi connectivity index (χ0) is 8.85. The Hall–Kier alpha value is 0.01000. The molecule has 11 heavy (non-hydrogen) atoms. The number of hydrogen-bond donors (Lipinski definition) is 2. The topological polar surface area (TPSA) is 52.0 Å². The molecule has 0 saturated heterocycles. The van der Waals surface area contributed by atoms with Gasteiger partial charge in [-0.1, -0.05) is 34.8 Å². The highest BCUT2D eigenvalue weighted by Crippen LogP contribution is 2.21. The molecule has 1 rings (SSSR count). The fourth-order valence-electron chi connectivity index (χ4n) is 0.520. The largest absolute Gasteiger partial charge is 0.274 e. The molecule has 0 bridgehead atoms. The Morgan fingerprint density at radius 1 is 0.727 bits per heavy atom. The van der Waals surface area contributed by atoms with E-state index in [1.54, 1.807) is 18.2 Å². The Bertz CT molecular complexity index is 177. The zero-order valence-corrected chi connectivity index (χ0v) is 7.79. The van der Waals surface area contributed by atoms with Crippen LogP contribution >= 0.6 is 34.8 Å². The van der Waals surface area contributed by atoms with Crippen LogP contribution in [0.4, 0.5) is 0 Å². The van der Waals surface area contributed by atoms with E-state index in [-0.39, 0.29) is 0 Å². The number of hydrazine groups is 1. The third-order valence-corrected chi connectivity index (χ3v) is 1.48. The van der Waals surface area contributed by atoms with Crippen molar-refractivity contribution in [1.82, 2.24) is 0 Å². The molecule has 62 valence electrons. The summed E-state index contributed by atoms with van der Waals surface area (Å²) in [6.45, 7) is 0. The summed E-state index contributed by atoms with van der Waals surface area (Å²) in [7, 11) is 0. The molecule has 1 aromatic carbocycles. The minimum Gasteiger partial charge on any atom is -0.274 e. The number of rotatable bonds is 0. The maximum Gasteiger partial charge on any atom is 0.0435 e. The van der Waals surface area contributed by atoms with Gasteiger partial charge in [0.1, 0.15) is 0 Å². The van der Waals surface area contributed by atoms with Crippen molar-refractivity contribution in [2.75, 3.05) is 0 Å². The first kappa shape index (κ1) is 11.0. The fraction of sp³-hybridized carbons (Fsp3) is 0. The minimum absolute atomic E-state index is 0.563. The van der Waals surface area contributed by atoms with E-state index in [4.69, 9.17) is 34.8 Å². The normalized spacial score (nSPS) is 8.45. The highest BCUT2D eigenvalue weighted by Gasteiger charge is 1.92. The fourth-order valence-corrected chi connectivity index (χ4v) is 1.39. The molecule has 1 aromatic rings. The third-order valence-electron chi connectivity index (χ3n) is 0.827. The third kappa shape index (κ3) is 4.45. The maximum absolute atomic E-state index is 5.58. The summed E-state index contributed by atoms with van der Waals surface area (Å²) < 4.78 is 0. The lowest BCUT2D eigenvalue weighted by Crippen LogP contribution is -2.02. The van der Waals surface area contributed by atoms with Gasteiger partial charge in [0, 0.05) is 15.1 Å². The van der Waals surface area contributed by atoms with Crippen LogP contribution in [0.2, 0.25) is 15.1 Å². The van der Waals surface area contributed by atoms with Crippen LogP contribution in [0.15, 0.2) is 18.2 Å². The van der Waals surface area contributed by atoms with Crippen LogP contribution in [0.25, 0.3) is 0 Å². The van der Waals surface area contributed by atoms with Crippen LogP contribution in [0.5, 0.6) is 0 Å². The standard InChI is InChI=1S/C6H3Cl3.H4N2/c7-4-1-5(8)3-6(9)2-4;1-2/h1-3H;1-2H2. The summed E-state index contributed by atoms with van der Waals surface area (Å²) in [5, 5.41) is 1.69. The van der Waals surface area contributed by atoms with Gasteiger partial charge < -0.3 is 0 Å². The Balaban J connectivity index is 0.000000461. The lowest BCUT2D eigenvalue weighted by atomic mass is 10.4. The second-order valence-electron chi connectivity index (χ2n) is 1.59. The predicted molar refractivity (Wildman–Crippen MR) is 49.8 cm³/mol. The first-order valence-electron chi connectivity index (χ1n) is 2.63. The van der Waals surface area contributed by atoms with E-state index in [0.717, 1.165) is 0 Å². The quantitative estimate of drug-likeness (QED) is 0.514. The molecule has 0 aliphatic carbocycles. The highest BCUT2D eigenvalue weighted by atomic mass is 35.5. The van der Waals surface area contributed by atoms with E-state index in [9.17, 15) is 0 Å². The van der Waals surface area contributed by atoms with Gasteiger partial charge in [0.15, 0.2) is 0 Å². The Kier molecular flexibility index (Phi) is 5.64. The monoisotopic (exact) mass is 212 g/mol. The van der Waals surface area contributed by atoms with Gasteiger partial charge in [-0.15, -0.1) is 0 Å². The van der Waals surface area contributed by atoms with Crippen molar-refractivity contribution in [2.45, 2.75) is 0 Å². The molecule has 0 amide bonds. The number of hydrogen-bond acceptors (Lipinski definition) is 2. The van der Waals surface area contributed by atoms with Crippen LogP contribution in [0.1, 0.15) is 0 Å². The van der Waals surface area contributed by atoms with Crippen molar-refractivity contribution in [2.24, 2.45) is 11.7 Å². The average Bonchev–Trinajstić information content (AvgIpc) is 1.88. The number of benzene rings is 1. The Morgan fingerprint density at radius 2 is 0.909 bits per heavy atom. The van der Waals surface area contributed by atoms with E-state index >= 15 is 0 Å². The van der Waals surface area contributed by atoms with Crippen molar-refractivity contribution in [1.29, 1.82) is 0 Å². The first-order chi connectivity index (χ1) is 5.18. The van der Waals surface area contributed by atoms with Gasteiger partial charge in [-0.05, 0) is 18.2 Å². The van der Waals surface area contributed by atoms with Gasteiger partial charge in [0.25, 0.3) is 0 Å². The van der Waals surface area contributed by atoms with Crippen molar-refractivity contribution in [3.63, 3.8) is 0 Å². The lowest BCUT2D eigenvalue weighted by Gasteiger charge is -1.91. The summed E-state index contributed by atoms with van der Waals surface area (Å²) in [4.78, 5) is 0. The molecular weight excluding hydrogens is 206 g/mol. The number of halogens is 3. The molecule has 2 nitrogen and oxygen atoms in total. The zero-order valence-electron chi connectivity index (χ0n) is 5.52. The van der Waals surface area contributed by atoms with Crippen LogP contribution in [0, 0.1) is 0 Å². The maximum atomic E-state index is 5.58. The molecule has 0 heterocycles. The van der Waals surface area contributed by atoms with Gasteiger partial charge >= 0.3 is 0 Å². The molecule has 0 radical (unpaired) electrons. The summed E-state index contributed by atoms with van der Waals surface area (Å²) >= 11 is 16.7. The Labute approximate surface area is 80.0 Å². The van der Waals surface area contributed by atoms with Gasteiger partial charge in [-0.3, -0.25) is 11.7 Å². The molecule has 4 N–H and O–H groups in total. The van der Waals surface area contributed by atoms with E-state index in [1.165, 1.54) is 0 Å². The molecule has 0 unspecified atom stereocenters. The molecule has 0 fully saturated rings. The van der Waals surface area contributed by atoms with E-state index in [0.29, 0.717) is 15.1 Å². The summed E-state index contributed by atoms with van der Waals surface area (Å²) in [6, 6.07) is 4.90. The SMILES string of the molecule is Clc1cc(Cl)cc(Cl)c1.NN. The van der Waals surface area contributed by atoms with Crippen molar-refractivity contribution < 1.29 is 0 Å². The van der Waals surface area contributed by atoms with Crippen molar-refractivity contribution in [3.8, 4) is 0 Å². The number of nitrogens with two attached hydrogens (primary N) is 2. The van der Waals surface area contributed by atoms with Gasteiger partial charge in [0.2, 0.25) is 0 Å². The smallest absolute Gasteiger partial charge is 0.0435 e. The Morgan fingerprint density at radius 3 is 1.09 bits per heavy atom. The molecule has 0 aromatic heterocycles. The second-order valence-corrected chi connectivity index (χ2v) is 2.90. The van der Waals surface area contributed by atoms with Gasteiger partial charge in [0.05, 0.1) is 0 Å². The molecular formula is C6H7Cl3N2. The predicted octanol–water partition coefficient (Wildman–Crippen LogP) is 2.47. The molecule has 0 saturated carbocycles. The van der Waals surface area contributed by atoms with Crippen molar-refractivity contribution in [3.05, 3.63) is 33.3 Å². The molecule has 0 aliphatic rings. The lowest BCUT2D eigenvalue weighted by molar-refractivity contribution is 1.26. The van der Waals surface area contributed by atoms with Crippen LogP contribution in [-0.4, -0.2) is 0 Å². The summed E-state index contributed by atoms with van der Waals surface area (Å²) in [5.41, 5.74) is 0. The van der Waals surface area contributed by atoms with Crippen LogP contribution in [-0.2, 0) is 0 Å². The molecule has 0 spiro atoms. The van der Waals surface area contributed by atoms with E-state index in [1.807, 2.05) is 0 Å². The van der Waals surface area contributed by atoms with Gasteiger partial charge in [-0.25, -0.2) is 0 Å². The van der Waals surface area contributed by atoms with Gasteiger partial charge in [-0.2, -0.15) is 0 Å². The minimum atomic E-state index is 0.563. The summed E-state index contributed by atoms with van der Waals surface area (Å²) in [6.07, 6.45) is 0. The molecule has 5 heteroatoms. The van der Waals surface area contributed by atoms with E-state index < -0.39 is 0 Å². The highest BCUT2D eigenvalue weighted by molar-refractivity contribution is 6.38. The molecule has 0 aliphatic heterocycles. The van der Waals surface area contributed by atoms with Crippen LogP contribution < -0.4 is 11.7 Å². The van der Waals surface area contributed by atoms with E-state index in [2.05, 4.69) is 11.7 Å². The second kappa shape index (κ2) is 5.63. The average molecular weight is 213 g/mol. The van der Waals surface area contributed by atoms with Crippen LogP contribution in [0.3, 0.4) is 0 Å². The first-order valence-corrected chi connectivity index (χ1v) is 3.77. The van der Waals surface area contributed by atoms with Crippen molar-refractivity contribution >= 4 is 34.8 Å².